The average molecular weight is 335 g/mol. The van der Waals surface area contributed by atoms with Crippen molar-refractivity contribution in [1.82, 2.24) is 15.2 Å². The van der Waals surface area contributed by atoms with E-state index in [1.807, 2.05) is 0 Å². The second-order valence-electron chi connectivity index (χ2n) is 6.14. The second-order valence-corrected chi connectivity index (χ2v) is 6.14. The first-order chi connectivity index (χ1) is 11.5. The van der Waals surface area contributed by atoms with Crippen LogP contribution in [0.3, 0.4) is 0 Å². The summed E-state index contributed by atoms with van der Waals surface area (Å²) < 4.78 is 18.7. The topological polar surface area (TPSA) is 77.6 Å². The Morgan fingerprint density at radius 1 is 1.42 bits per heavy atom. The van der Waals surface area contributed by atoms with E-state index in [2.05, 4.69) is 15.2 Å². The fourth-order valence-electron chi connectivity index (χ4n) is 2.95. The van der Waals surface area contributed by atoms with Gasteiger partial charge < -0.3 is 20.1 Å². The Labute approximate surface area is 139 Å². The Kier molecular flexibility index (Phi) is 5.13. The first kappa shape index (κ1) is 16.9. The fraction of sp³-hybridized carbons (Fsp3) is 0.471. The number of morpholine rings is 1. The molecule has 1 aliphatic heterocycles. The number of aryl methyl sites for hydroxylation is 1. The van der Waals surface area contributed by atoms with Gasteiger partial charge in [-0.2, -0.15) is 0 Å². The Hall–Kier alpha value is -1.96. The number of aromatic amines is 1. The van der Waals surface area contributed by atoms with Crippen molar-refractivity contribution in [3.8, 4) is 0 Å². The van der Waals surface area contributed by atoms with Crippen LogP contribution in [0.5, 0.6) is 0 Å². The summed E-state index contributed by atoms with van der Waals surface area (Å²) in [7, 11) is 0. The highest BCUT2D eigenvalue weighted by Crippen LogP contribution is 2.21. The number of nitrogens with one attached hydrogen (secondary N) is 2. The van der Waals surface area contributed by atoms with E-state index in [1.54, 1.807) is 13.0 Å². The number of aromatic nitrogens is 1. The SMILES string of the molecule is Cc1cc(F)cc2[nH]c(C(=O)NC[C@@H](O)CN3CCOCC3)cc12. The Morgan fingerprint density at radius 3 is 2.92 bits per heavy atom. The molecule has 2 heterocycles. The smallest absolute Gasteiger partial charge is 0.267 e. The summed E-state index contributed by atoms with van der Waals surface area (Å²) in [5.41, 5.74) is 1.72. The van der Waals surface area contributed by atoms with E-state index in [9.17, 15) is 14.3 Å². The molecule has 0 aliphatic carbocycles. The number of benzene rings is 1. The van der Waals surface area contributed by atoms with E-state index in [0.717, 1.165) is 24.0 Å². The lowest BCUT2D eigenvalue weighted by Crippen LogP contribution is -2.44. The van der Waals surface area contributed by atoms with Crippen LogP contribution in [0.1, 0.15) is 16.1 Å². The van der Waals surface area contributed by atoms with Crippen molar-refractivity contribution in [3.63, 3.8) is 0 Å². The number of carbonyl (C=O) groups excluding carboxylic acids is 1. The number of rotatable bonds is 5. The number of nitrogens with zero attached hydrogens (tertiary/aromatic N) is 1. The lowest BCUT2D eigenvalue weighted by atomic mass is 10.1. The monoisotopic (exact) mass is 335 g/mol. The van der Waals surface area contributed by atoms with Gasteiger partial charge in [0.2, 0.25) is 0 Å². The molecule has 0 saturated carbocycles. The zero-order valence-corrected chi connectivity index (χ0v) is 13.6. The molecule has 0 bridgehead atoms. The minimum Gasteiger partial charge on any atom is -0.390 e. The van der Waals surface area contributed by atoms with Gasteiger partial charge >= 0.3 is 0 Å². The van der Waals surface area contributed by atoms with Gasteiger partial charge in [0, 0.05) is 37.1 Å². The maximum atomic E-state index is 13.4. The molecule has 6 nitrogen and oxygen atoms in total. The van der Waals surface area contributed by atoms with Gasteiger partial charge in [0.15, 0.2) is 0 Å². The number of amides is 1. The highest BCUT2D eigenvalue weighted by Gasteiger charge is 2.17. The number of aliphatic hydroxyl groups is 1. The van der Waals surface area contributed by atoms with Gasteiger partial charge in [-0.05, 0) is 30.7 Å². The molecule has 3 rings (SSSR count). The minimum absolute atomic E-state index is 0.166. The van der Waals surface area contributed by atoms with Crippen LogP contribution in [0.25, 0.3) is 10.9 Å². The van der Waals surface area contributed by atoms with E-state index in [-0.39, 0.29) is 18.3 Å². The van der Waals surface area contributed by atoms with Crippen molar-refractivity contribution in [1.29, 1.82) is 0 Å². The molecule has 24 heavy (non-hydrogen) atoms. The normalized spacial score (nSPS) is 17.1. The standard InChI is InChI=1S/C17H22FN3O3/c1-11-6-12(18)7-15-14(11)8-16(20-15)17(23)19-9-13(22)10-21-2-4-24-5-3-21/h6-8,13,20,22H,2-5,9-10H2,1H3,(H,19,23)/t13-/m1/s1. The Balaban J connectivity index is 1.57. The number of ether oxygens (including phenoxy) is 1. The highest BCUT2D eigenvalue weighted by atomic mass is 19.1. The molecule has 0 unspecified atom stereocenters. The summed E-state index contributed by atoms with van der Waals surface area (Å²) in [6, 6.07) is 4.50. The molecule has 1 aliphatic rings. The van der Waals surface area contributed by atoms with E-state index in [0.29, 0.717) is 31.0 Å². The predicted octanol–water partition coefficient (Wildman–Crippen LogP) is 1.04. The van der Waals surface area contributed by atoms with Crippen LogP contribution in [0.4, 0.5) is 4.39 Å². The predicted molar refractivity (Wildman–Crippen MR) is 88.6 cm³/mol. The fourth-order valence-corrected chi connectivity index (χ4v) is 2.95. The van der Waals surface area contributed by atoms with Crippen molar-refractivity contribution in [2.75, 3.05) is 39.4 Å². The summed E-state index contributed by atoms with van der Waals surface area (Å²) in [6.07, 6.45) is -0.643. The van der Waals surface area contributed by atoms with Crippen molar-refractivity contribution in [2.45, 2.75) is 13.0 Å². The molecule has 2 aromatic rings. The van der Waals surface area contributed by atoms with Gasteiger partial charge in [0.25, 0.3) is 5.91 Å². The number of fused-ring (bicyclic) bond motifs is 1. The minimum atomic E-state index is -0.643. The first-order valence-corrected chi connectivity index (χ1v) is 8.08. The van der Waals surface area contributed by atoms with Crippen LogP contribution in [-0.2, 0) is 4.74 Å². The van der Waals surface area contributed by atoms with E-state index < -0.39 is 6.10 Å². The van der Waals surface area contributed by atoms with Crippen LogP contribution in [-0.4, -0.2) is 66.4 Å². The van der Waals surface area contributed by atoms with Gasteiger partial charge in [0.05, 0.1) is 19.3 Å². The van der Waals surface area contributed by atoms with Crippen molar-refractivity contribution in [3.05, 3.63) is 35.3 Å². The van der Waals surface area contributed by atoms with Crippen LogP contribution in [0.15, 0.2) is 18.2 Å². The van der Waals surface area contributed by atoms with Crippen molar-refractivity contribution < 1.29 is 19.0 Å². The number of H-pyrrole nitrogens is 1. The van der Waals surface area contributed by atoms with Gasteiger partial charge in [-0.15, -0.1) is 0 Å². The number of hydrogen-bond acceptors (Lipinski definition) is 4. The maximum absolute atomic E-state index is 13.4. The van der Waals surface area contributed by atoms with Crippen LogP contribution in [0.2, 0.25) is 0 Å². The third-order valence-electron chi connectivity index (χ3n) is 4.23. The largest absolute Gasteiger partial charge is 0.390 e. The number of halogens is 1. The van der Waals surface area contributed by atoms with Gasteiger partial charge in [0.1, 0.15) is 11.5 Å². The summed E-state index contributed by atoms with van der Waals surface area (Å²) in [4.78, 5) is 17.3. The number of β-amino-alcohol motifs (C(OH)–C–C–N with tert-alkyl or cyclic N) is 1. The van der Waals surface area contributed by atoms with Gasteiger partial charge in [-0.25, -0.2) is 4.39 Å². The molecule has 1 amide bonds. The molecule has 1 aromatic heterocycles. The molecule has 1 atom stereocenters. The molecule has 7 heteroatoms. The maximum Gasteiger partial charge on any atom is 0.267 e. The van der Waals surface area contributed by atoms with E-state index in [1.165, 1.54) is 12.1 Å². The van der Waals surface area contributed by atoms with E-state index >= 15 is 0 Å². The van der Waals surface area contributed by atoms with Crippen molar-refractivity contribution in [2.24, 2.45) is 0 Å². The quantitative estimate of drug-likeness (QED) is 0.763. The van der Waals surface area contributed by atoms with Crippen molar-refractivity contribution >= 4 is 16.8 Å². The average Bonchev–Trinajstić information content (AvgIpc) is 2.98. The number of hydrogen-bond donors (Lipinski definition) is 3. The molecule has 0 spiro atoms. The summed E-state index contributed by atoms with van der Waals surface area (Å²) in [5.74, 6) is -0.651. The molecule has 1 saturated heterocycles. The third kappa shape index (κ3) is 3.92. The molecule has 0 radical (unpaired) electrons. The molecule has 1 aromatic carbocycles. The lowest BCUT2D eigenvalue weighted by molar-refractivity contribution is 0.0149. The molecule has 130 valence electrons. The van der Waals surface area contributed by atoms with Crippen LogP contribution >= 0.6 is 0 Å². The number of aliphatic hydroxyl groups excluding tert-OH is 1. The Bertz CT molecular complexity index is 725. The lowest BCUT2D eigenvalue weighted by Gasteiger charge is -2.28. The summed E-state index contributed by atoms with van der Waals surface area (Å²) in [6.45, 7) is 5.39. The van der Waals surface area contributed by atoms with Crippen LogP contribution < -0.4 is 5.32 Å². The number of carbonyl (C=O) groups is 1. The molecular formula is C17H22FN3O3. The first-order valence-electron chi connectivity index (χ1n) is 8.08. The third-order valence-corrected chi connectivity index (χ3v) is 4.23. The Morgan fingerprint density at radius 2 is 2.17 bits per heavy atom. The molecular weight excluding hydrogens is 313 g/mol. The zero-order chi connectivity index (χ0) is 17.1. The summed E-state index contributed by atoms with van der Waals surface area (Å²) >= 11 is 0. The zero-order valence-electron chi connectivity index (χ0n) is 13.6. The second kappa shape index (κ2) is 7.29. The van der Waals surface area contributed by atoms with Gasteiger partial charge in [-0.3, -0.25) is 9.69 Å². The van der Waals surface area contributed by atoms with Gasteiger partial charge in [-0.1, -0.05) is 0 Å². The molecule has 1 fully saturated rings. The highest BCUT2D eigenvalue weighted by molar-refractivity contribution is 5.98. The molecule has 3 N–H and O–H groups in total. The van der Waals surface area contributed by atoms with Crippen LogP contribution in [0, 0.1) is 12.7 Å². The van der Waals surface area contributed by atoms with E-state index in [4.69, 9.17) is 4.74 Å². The summed E-state index contributed by atoms with van der Waals surface area (Å²) in [5, 5.41) is 13.6.